The van der Waals surface area contributed by atoms with Gasteiger partial charge in [-0.1, -0.05) is 24.3 Å². The first-order chi connectivity index (χ1) is 15.6. The number of ether oxygens (including phenoxy) is 2. The Kier molecular flexibility index (Phi) is 8.54. The average molecular weight is 436 g/mol. The van der Waals surface area contributed by atoms with E-state index in [4.69, 9.17) is 9.47 Å². The molecule has 0 bridgehead atoms. The SMILES string of the molecule is CN=C(NCCCc1cn(-c2ccccc2)nc1C)NCCc1ccc(OC)c(OC)c1. The molecule has 7 heteroatoms. The summed E-state index contributed by atoms with van der Waals surface area (Å²) < 4.78 is 12.6. The van der Waals surface area contributed by atoms with E-state index >= 15 is 0 Å². The van der Waals surface area contributed by atoms with E-state index in [9.17, 15) is 0 Å². The molecule has 2 N–H and O–H groups in total. The van der Waals surface area contributed by atoms with Gasteiger partial charge in [-0.05, 0) is 61.6 Å². The molecule has 0 saturated heterocycles. The van der Waals surface area contributed by atoms with E-state index in [1.807, 2.05) is 35.0 Å². The molecule has 2 aromatic carbocycles. The Hall–Kier alpha value is -3.48. The molecule has 1 heterocycles. The Labute approximate surface area is 190 Å². The summed E-state index contributed by atoms with van der Waals surface area (Å²) in [4.78, 5) is 4.32. The van der Waals surface area contributed by atoms with Gasteiger partial charge in [-0.25, -0.2) is 4.68 Å². The predicted molar refractivity (Wildman–Crippen MR) is 129 cm³/mol. The zero-order valence-electron chi connectivity index (χ0n) is 19.4. The first-order valence-corrected chi connectivity index (χ1v) is 10.9. The molecule has 0 radical (unpaired) electrons. The van der Waals surface area contributed by atoms with E-state index in [1.165, 1.54) is 11.1 Å². The number of benzene rings is 2. The normalized spacial score (nSPS) is 11.3. The monoisotopic (exact) mass is 435 g/mol. The number of aliphatic imine (C=N–C) groups is 1. The molecule has 32 heavy (non-hydrogen) atoms. The van der Waals surface area contributed by atoms with Gasteiger partial charge in [0.05, 0.1) is 25.6 Å². The van der Waals surface area contributed by atoms with E-state index in [-0.39, 0.29) is 0 Å². The fraction of sp³-hybridized carbons (Fsp3) is 0.360. The standard InChI is InChI=1S/C25H33N5O2/c1-19-21(18-30(29-19)22-10-6-5-7-11-22)9-8-15-27-25(26-2)28-16-14-20-12-13-23(31-3)24(17-20)32-4/h5-7,10-13,17-18H,8-9,14-16H2,1-4H3,(H2,26,27,28). The topological polar surface area (TPSA) is 72.7 Å². The van der Waals surface area contributed by atoms with Crippen LogP contribution in [0.5, 0.6) is 11.5 Å². The summed E-state index contributed by atoms with van der Waals surface area (Å²) in [7, 11) is 5.09. The highest BCUT2D eigenvalue weighted by Gasteiger charge is 2.07. The molecule has 0 aliphatic carbocycles. The van der Waals surface area contributed by atoms with Crippen molar-refractivity contribution in [3.05, 3.63) is 71.5 Å². The maximum atomic E-state index is 5.37. The second-order valence-corrected chi connectivity index (χ2v) is 7.49. The highest BCUT2D eigenvalue weighted by atomic mass is 16.5. The Bertz CT molecular complexity index is 1010. The van der Waals surface area contributed by atoms with Gasteiger partial charge in [0.15, 0.2) is 17.5 Å². The Morgan fingerprint density at radius 2 is 1.72 bits per heavy atom. The van der Waals surface area contributed by atoms with Gasteiger partial charge >= 0.3 is 0 Å². The number of methoxy groups -OCH3 is 2. The maximum Gasteiger partial charge on any atom is 0.190 e. The van der Waals surface area contributed by atoms with E-state index in [0.717, 1.165) is 61.2 Å². The fourth-order valence-electron chi connectivity index (χ4n) is 3.52. The van der Waals surface area contributed by atoms with Crippen molar-refractivity contribution in [2.24, 2.45) is 4.99 Å². The minimum atomic E-state index is 0.742. The lowest BCUT2D eigenvalue weighted by atomic mass is 10.1. The van der Waals surface area contributed by atoms with Crippen molar-refractivity contribution in [3.8, 4) is 17.2 Å². The molecule has 3 aromatic rings. The first kappa shape index (κ1) is 23.2. The Balaban J connectivity index is 1.41. The van der Waals surface area contributed by atoms with Crippen LogP contribution in [0.1, 0.15) is 23.2 Å². The van der Waals surface area contributed by atoms with Crippen LogP contribution >= 0.6 is 0 Å². The summed E-state index contributed by atoms with van der Waals surface area (Å²) in [6.45, 7) is 3.68. The second kappa shape index (κ2) is 11.8. The molecule has 0 fully saturated rings. The largest absolute Gasteiger partial charge is 0.493 e. The molecule has 0 aliphatic heterocycles. The van der Waals surface area contributed by atoms with E-state index < -0.39 is 0 Å². The fourth-order valence-corrected chi connectivity index (χ4v) is 3.52. The highest BCUT2D eigenvalue weighted by Crippen LogP contribution is 2.27. The quantitative estimate of drug-likeness (QED) is 0.290. The van der Waals surface area contributed by atoms with Crippen molar-refractivity contribution in [2.45, 2.75) is 26.2 Å². The summed E-state index contributed by atoms with van der Waals surface area (Å²) in [5.74, 6) is 2.30. The van der Waals surface area contributed by atoms with Crippen molar-refractivity contribution in [3.63, 3.8) is 0 Å². The summed E-state index contributed by atoms with van der Waals surface area (Å²) in [6, 6.07) is 16.2. The van der Waals surface area contributed by atoms with Crippen LogP contribution in [0.3, 0.4) is 0 Å². The van der Waals surface area contributed by atoms with Crippen molar-refractivity contribution in [1.82, 2.24) is 20.4 Å². The minimum Gasteiger partial charge on any atom is -0.493 e. The van der Waals surface area contributed by atoms with Gasteiger partial charge in [0.2, 0.25) is 0 Å². The van der Waals surface area contributed by atoms with Crippen LogP contribution < -0.4 is 20.1 Å². The summed E-state index contributed by atoms with van der Waals surface area (Å²) in [5.41, 5.74) is 4.61. The summed E-state index contributed by atoms with van der Waals surface area (Å²) in [5, 5.41) is 11.4. The van der Waals surface area contributed by atoms with Crippen LogP contribution in [0.25, 0.3) is 5.69 Å². The van der Waals surface area contributed by atoms with Crippen molar-refractivity contribution in [2.75, 3.05) is 34.4 Å². The molecule has 0 unspecified atom stereocenters. The van der Waals surface area contributed by atoms with Crippen molar-refractivity contribution < 1.29 is 9.47 Å². The van der Waals surface area contributed by atoms with E-state index in [1.54, 1.807) is 21.3 Å². The number of hydrogen-bond acceptors (Lipinski definition) is 4. The van der Waals surface area contributed by atoms with Gasteiger partial charge in [-0.2, -0.15) is 5.10 Å². The average Bonchev–Trinajstić information content (AvgIpc) is 3.21. The number of aryl methyl sites for hydroxylation is 2. The van der Waals surface area contributed by atoms with Crippen LogP contribution in [0.15, 0.2) is 59.7 Å². The number of rotatable bonds is 10. The second-order valence-electron chi connectivity index (χ2n) is 7.49. The van der Waals surface area contributed by atoms with E-state index in [2.05, 4.69) is 52.0 Å². The lowest BCUT2D eigenvalue weighted by Gasteiger charge is -2.13. The number of guanidine groups is 1. The zero-order valence-corrected chi connectivity index (χ0v) is 19.4. The third-order valence-electron chi connectivity index (χ3n) is 5.31. The molecule has 0 spiro atoms. The minimum absolute atomic E-state index is 0.742. The lowest BCUT2D eigenvalue weighted by Crippen LogP contribution is -2.38. The van der Waals surface area contributed by atoms with Crippen LogP contribution in [0.4, 0.5) is 0 Å². The van der Waals surface area contributed by atoms with Gasteiger partial charge in [0.1, 0.15) is 0 Å². The van der Waals surface area contributed by atoms with Gasteiger partial charge in [-0.3, -0.25) is 4.99 Å². The van der Waals surface area contributed by atoms with Crippen molar-refractivity contribution >= 4 is 5.96 Å². The molecule has 0 amide bonds. The van der Waals surface area contributed by atoms with Gasteiger partial charge < -0.3 is 20.1 Å². The molecule has 1 aromatic heterocycles. The molecule has 0 saturated carbocycles. The summed E-state index contributed by atoms with van der Waals surface area (Å²) in [6.07, 6.45) is 4.95. The lowest BCUT2D eigenvalue weighted by molar-refractivity contribution is 0.354. The third-order valence-corrected chi connectivity index (χ3v) is 5.31. The number of aromatic nitrogens is 2. The zero-order chi connectivity index (χ0) is 22.8. The molecule has 7 nitrogen and oxygen atoms in total. The predicted octanol–water partition coefficient (Wildman–Crippen LogP) is 3.54. The number of nitrogens with one attached hydrogen (secondary N) is 2. The van der Waals surface area contributed by atoms with Gasteiger partial charge in [-0.15, -0.1) is 0 Å². The maximum absolute atomic E-state index is 5.37. The smallest absolute Gasteiger partial charge is 0.190 e. The summed E-state index contributed by atoms with van der Waals surface area (Å²) >= 11 is 0. The third kappa shape index (κ3) is 6.26. The highest BCUT2D eigenvalue weighted by molar-refractivity contribution is 5.79. The van der Waals surface area contributed by atoms with Crippen molar-refractivity contribution in [1.29, 1.82) is 0 Å². The first-order valence-electron chi connectivity index (χ1n) is 10.9. The van der Waals surface area contributed by atoms with Crippen LogP contribution in [0.2, 0.25) is 0 Å². The molecular weight excluding hydrogens is 402 g/mol. The van der Waals surface area contributed by atoms with Crippen LogP contribution in [-0.4, -0.2) is 50.1 Å². The van der Waals surface area contributed by atoms with Gasteiger partial charge in [0, 0.05) is 26.3 Å². The molecule has 0 aliphatic rings. The van der Waals surface area contributed by atoms with Gasteiger partial charge in [0.25, 0.3) is 0 Å². The number of para-hydroxylation sites is 1. The molecule has 0 atom stereocenters. The van der Waals surface area contributed by atoms with Crippen LogP contribution in [-0.2, 0) is 12.8 Å². The Morgan fingerprint density at radius 3 is 2.44 bits per heavy atom. The number of nitrogens with zero attached hydrogens (tertiary/aromatic N) is 3. The molecule has 3 rings (SSSR count). The molecule has 170 valence electrons. The number of hydrogen-bond donors (Lipinski definition) is 2. The molecular formula is C25H33N5O2. The van der Waals surface area contributed by atoms with E-state index in [0.29, 0.717) is 0 Å². The Morgan fingerprint density at radius 1 is 0.969 bits per heavy atom. The van der Waals surface area contributed by atoms with Crippen LogP contribution in [0, 0.1) is 6.92 Å².